The summed E-state index contributed by atoms with van der Waals surface area (Å²) in [5.74, 6) is 0.740. The second kappa shape index (κ2) is 10.7. The minimum atomic E-state index is -4.38. The number of hydrogen-bond acceptors (Lipinski definition) is 3. The van der Waals surface area contributed by atoms with Gasteiger partial charge < -0.3 is 15.4 Å². The number of benzene rings is 1. The molecule has 10 heteroatoms. The Morgan fingerprint density at radius 2 is 1.83 bits per heavy atom. The SMILES string of the molecule is CN=C(NCc1ccc(C)cc1OCC(F)(F)F)NCc1c(C)nn(C)c1C.I. The number of alkyl halides is 3. The summed E-state index contributed by atoms with van der Waals surface area (Å²) < 4.78 is 44.3. The van der Waals surface area contributed by atoms with Crippen LogP contribution in [0.2, 0.25) is 0 Å². The van der Waals surface area contributed by atoms with E-state index < -0.39 is 12.8 Å². The molecule has 0 atom stereocenters. The summed E-state index contributed by atoms with van der Waals surface area (Å²) in [5, 5.41) is 10.7. The van der Waals surface area contributed by atoms with E-state index in [-0.39, 0.29) is 36.3 Å². The van der Waals surface area contributed by atoms with Crippen LogP contribution in [-0.2, 0) is 20.1 Å². The Labute approximate surface area is 185 Å². The number of nitrogens with zero attached hydrogens (tertiary/aromatic N) is 3. The predicted molar refractivity (Wildman–Crippen MR) is 118 cm³/mol. The predicted octanol–water partition coefficient (Wildman–Crippen LogP) is 3.77. The molecule has 1 heterocycles. The van der Waals surface area contributed by atoms with Gasteiger partial charge in [-0.3, -0.25) is 9.67 Å². The monoisotopic (exact) mass is 525 g/mol. The van der Waals surface area contributed by atoms with Crippen molar-refractivity contribution in [2.24, 2.45) is 12.0 Å². The molecule has 0 amide bonds. The van der Waals surface area contributed by atoms with Crippen LogP contribution < -0.4 is 15.4 Å². The van der Waals surface area contributed by atoms with Crippen LogP contribution in [-0.4, -0.2) is 35.6 Å². The molecule has 0 bridgehead atoms. The van der Waals surface area contributed by atoms with Crippen LogP contribution in [0.1, 0.15) is 28.1 Å². The van der Waals surface area contributed by atoms with Gasteiger partial charge in [0.2, 0.25) is 0 Å². The number of halogens is 4. The van der Waals surface area contributed by atoms with E-state index in [1.54, 1.807) is 26.1 Å². The van der Waals surface area contributed by atoms with Gasteiger partial charge in [-0.1, -0.05) is 12.1 Å². The Bertz CT molecular complexity index is 849. The van der Waals surface area contributed by atoms with Crippen LogP contribution in [0.3, 0.4) is 0 Å². The minimum Gasteiger partial charge on any atom is -0.484 e. The van der Waals surface area contributed by atoms with E-state index in [9.17, 15) is 13.2 Å². The minimum absolute atomic E-state index is 0. The lowest BCUT2D eigenvalue weighted by Crippen LogP contribution is -2.36. The molecule has 6 nitrogen and oxygen atoms in total. The molecule has 2 N–H and O–H groups in total. The maximum absolute atomic E-state index is 12.5. The largest absolute Gasteiger partial charge is 0.484 e. The number of nitrogens with one attached hydrogen (secondary N) is 2. The number of hydrogen-bond donors (Lipinski definition) is 2. The summed E-state index contributed by atoms with van der Waals surface area (Å²) in [5.41, 5.74) is 4.51. The first-order chi connectivity index (χ1) is 13.1. The van der Waals surface area contributed by atoms with Crippen LogP contribution in [0.25, 0.3) is 0 Å². The number of aliphatic imine (C=N–C) groups is 1. The van der Waals surface area contributed by atoms with Gasteiger partial charge in [-0.25, -0.2) is 0 Å². The quantitative estimate of drug-likeness (QED) is 0.343. The summed E-state index contributed by atoms with van der Waals surface area (Å²) in [7, 11) is 3.52. The van der Waals surface area contributed by atoms with Crippen molar-refractivity contribution in [3.8, 4) is 5.75 Å². The van der Waals surface area contributed by atoms with Gasteiger partial charge in [-0.2, -0.15) is 18.3 Å². The second-order valence-corrected chi connectivity index (χ2v) is 6.57. The van der Waals surface area contributed by atoms with Gasteiger partial charge in [0.05, 0.1) is 5.69 Å². The average Bonchev–Trinajstić information content (AvgIpc) is 2.86. The van der Waals surface area contributed by atoms with Crippen LogP contribution >= 0.6 is 24.0 Å². The number of rotatable bonds is 6. The average molecular weight is 525 g/mol. The lowest BCUT2D eigenvalue weighted by molar-refractivity contribution is -0.153. The molecule has 0 aliphatic heterocycles. The van der Waals surface area contributed by atoms with Crippen LogP contribution in [0.4, 0.5) is 13.2 Å². The third kappa shape index (κ3) is 7.41. The van der Waals surface area contributed by atoms with Crippen molar-refractivity contribution in [1.82, 2.24) is 20.4 Å². The molecule has 2 rings (SSSR count). The standard InChI is InChI=1S/C19H26F3N5O.HI/c1-12-6-7-15(17(8-12)28-11-19(20,21)22)9-24-18(23-4)25-10-16-13(2)26-27(5)14(16)3;/h6-8H,9-11H2,1-5H3,(H2,23,24,25);1H. The lowest BCUT2D eigenvalue weighted by Gasteiger charge is -2.16. The molecule has 0 unspecified atom stereocenters. The zero-order valence-electron chi connectivity index (χ0n) is 17.1. The number of guanidine groups is 1. The molecule has 0 radical (unpaired) electrons. The van der Waals surface area contributed by atoms with Crippen LogP contribution in [0.5, 0.6) is 5.75 Å². The molecule has 0 spiro atoms. The maximum atomic E-state index is 12.5. The van der Waals surface area contributed by atoms with E-state index in [4.69, 9.17) is 4.74 Å². The van der Waals surface area contributed by atoms with Gasteiger partial charge in [0.25, 0.3) is 0 Å². The van der Waals surface area contributed by atoms with Gasteiger partial charge in [0.1, 0.15) is 5.75 Å². The second-order valence-electron chi connectivity index (χ2n) is 6.57. The topological polar surface area (TPSA) is 63.5 Å². The molecule has 0 aliphatic rings. The van der Waals surface area contributed by atoms with Gasteiger partial charge in [-0.05, 0) is 32.4 Å². The smallest absolute Gasteiger partial charge is 0.422 e. The first kappa shape index (κ1) is 25.1. The third-order valence-electron chi connectivity index (χ3n) is 4.38. The van der Waals surface area contributed by atoms with Crippen molar-refractivity contribution >= 4 is 29.9 Å². The summed E-state index contributed by atoms with van der Waals surface area (Å²) >= 11 is 0. The highest BCUT2D eigenvalue weighted by molar-refractivity contribution is 14.0. The summed E-state index contributed by atoms with van der Waals surface area (Å²) in [4.78, 5) is 4.16. The molecule has 0 saturated carbocycles. The molecule has 162 valence electrons. The molecular formula is C19H27F3IN5O. The molecule has 0 saturated heterocycles. The maximum Gasteiger partial charge on any atom is 0.422 e. The zero-order valence-corrected chi connectivity index (χ0v) is 19.5. The third-order valence-corrected chi connectivity index (χ3v) is 4.38. The van der Waals surface area contributed by atoms with Crippen molar-refractivity contribution in [3.05, 3.63) is 46.3 Å². The summed E-state index contributed by atoms with van der Waals surface area (Å²) in [6.45, 7) is 5.22. The normalized spacial score (nSPS) is 11.8. The summed E-state index contributed by atoms with van der Waals surface area (Å²) in [6.07, 6.45) is -4.38. The fourth-order valence-electron chi connectivity index (χ4n) is 2.75. The van der Waals surface area contributed by atoms with Gasteiger partial charge in [0.15, 0.2) is 12.6 Å². The Kier molecular flexibility index (Phi) is 9.24. The molecule has 0 fully saturated rings. The van der Waals surface area contributed by atoms with Gasteiger partial charge >= 0.3 is 6.18 Å². The van der Waals surface area contributed by atoms with E-state index in [1.165, 1.54) is 0 Å². The van der Waals surface area contributed by atoms with E-state index in [1.807, 2.05) is 31.6 Å². The molecule has 29 heavy (non-hydrogen) atoms. The van der Waals surface area contributed by atoms with Crippen molar-refractivity contribution in [1.29, 1.82) is 0 Å². The molecule has 1 aromatic carbocycles. The highest BCUT2D eigenvalue weighted by atomic mass is 127. The van der Waals surface area contributed by atoms with Crippen molar-refractivity contribution in [2.75, 3.05) is 13.7 Å². The number of aromatic nitrogens is 2. The van der Waals surface area contributed by atoms with Crippen molar-refractivity contribution in [3.63, 3.8) is 0 Å². The van der Waals surface area contributed by atoms with Gasteiger partial charge in [-0.15, -0.1) is 24.0 Å². The van der Waals surface area contributed by atoms with Crippen LogP contribution in [0, 0.1) is 20.8 Å². The Morgan fingerprint density at radius 3 is 2.38 bits per heavy atom. The Balaban J connectivity index is 0.00000420. The van der Waals surface area contributed by atoms with E-state index in [2.05, 4.69) is 20.7 Å². The van der Waals surface area contributed by atoms with Crippen molar-refractivity contribution < 1.29 is 17.9 Å². The fourth-order valence-corrected chi connectivity index (χ4v) is 2.75. The Hall–Kier alpha value is -1.98. The fraction of sp³-hybridized carbons (Fsp3) is 0.474. The highest BCUT2D eigenvalue weighted by Gasteiger charge is 2.28. The first-order valence-corrected chi connectivity index (χ1v) is 8.83. The number of ether oxygens (including phenoxy) is 1. The molecule has 2 aromatic rings. The molecule has 1 aromatic heterocycles. The van der Waals surface area contributed by atoms with E-state index in [0.717, 1.165) is 22.5 Å². The summed E-state index contributed by atoms with van der Waals surface area (Å²) in [6, 6.07) is 5.17. The zero-order chi connectivity index (χ0) is 20.9. The number of aryl methyl sites for hydroxylation is 3. The van der Waals surface area contributed by atoms with E-state index in [0.29, 0.717) is 18.1 Å². The molecule has 0 aliphatic carbocycles. The molecular weight excluding hydrogens is 498 g/mol. The Morgan fingerprint density at radius 1 is 1.17 bits per heavy atom. The lowest BCUT2D eigenvalue weighted by atomic mass is 10.1. The van der Waals surface area contributed by atoms with E-state index >= 15 is 0 Å². The van der Waals surface area contributed by atoms with Crippen LogP contribution in [0.15, 0.2) is 23.2 Å². The highest BCUT2D eigenvalue weighted by Crippen LogP contribution is 2.23. The first-order valence-electron chi connectivity index (χ1n) is 8.83. The van der Waals surface area contributed by atoms with Gasteiger partial charge in [0, 0.05) is 44.0 Å². The van der Waals surface area contributed by atoms with Crippen molar-refractivity contribution in [2.45, 2.75) is 40.0 Å².